The van der Waals surface area contributed by atoms with Crippen LogP contribution in [0.1, 0.15) is 34.6 Å². The molecule has 108 valence electrons. The van der Waals surface area contributed by atoms with Crippen molar-refractivity contribution >= 4 is 15.8 Å². The zero-order valence-corrected chi connectivity index (χ0v) is 12.8. The van der Waals surface area contributed by atoms with E-state index in [1.165, 1.54) is 0 Å². The van der Waals surface area contributed by atoms with Gasteiger partial charge in [0.2, 0.25) is 0 Å². The number of nitrogens with zero attached hydrogens (tertiary/aromatic N) is 1. The van der Waals surface area contributed by atoms with E-state index in [9.17, 15) is 13.2 Å². The predicted molar refractivity (Wildman–Crippen MR) is 72.3 cm³/mol. The standard InChI is InChI=1S/C12H25NO4S/c1-6-13(10-11(14)17-7-2)8-9-18(15,16)12(3,4)5/h6-10H2,1-5H3. The van der Waals surface area contributed by atoms with Crippen LogP contribution in [0.2, 0.25) is 0 Å². The number of hydrogen-bond acceptors (Lipinski definition) is 5. The summed E-state index contributed by atoms with van der Waals surface area (Å²) in [6.07, 6.45) is 0. The van der Waals surface area contributed by atoms with Gasteiger partial charge in [0, 0.05) is 6.54 Å². The number of hydrogen-bond donors (Lipinski definition) is 0. The smallest absolute Gasteiger partial charge is 0.320 e. The number of sulfone groups is 1. The van der Waals surface area contributed by atoms with E-state index in [0.29, 0.717) is 19.7 Å². The average Bonchev–Trinajstić information content (AvgIpc) is 2.22. The maximum absolute atomic E-state index is 11.9. The molecule has 6 heteroatoms. The van der Waals surface area contributed by atoms with Crippen molar-refractivity contribution in [2.45, 2.75) is 39.4 Å². The first-order valence-corrected chi connectivity index (χ1v) is 7.89. The van der Waals surface area contributed by atoms with E-state index in [2.05, 4.69) is 0 Å². The number of likely N-dealkylation sites (N-methyl/N-ethyl adjacent to an activating group) is 1. The fourth-order valence-electron chi connectivity index (χ4n) is 1.29. The highest BCUT2D eigenvalue weighted by Crippen LogP contribution is 2.15. The first-order chi connectivity index (χ1) is 8.14. The lowest BCUT2D eigenvalue weighted by molar-refractivity contribution is -0.144. The Morgan fingerprint density at radius 3 is 2.17 bits per heavy atom. The largest absolute Gasteiger partial charge is 0.465 e. The van der Waals surface area contributed by atoms with Crippen LogP contribution in [0.15, 0.2) is 0 Å². The second-order valence-electron chi connectivity index (χ2n) is 5.11. The Hall–Kier alpha value is -0.620. The summed E-state index contributed by atoms with van der Waals surface area (Å²) in [6.45, 7) is 10.2. The van der Waals surface area contributed by atoms with E-state index in [4.69, 9.17) is 4.74 Å². The molecule has 0 N–H and O–H groups in total. The van der Waals surface area contributed by atoms with Crippen LogP contribution in [0.3, 0.4) is 0 Å². The number of carbonyl (C=O) groups is 1. The van der Waals surface area contributed by atoms with E-state index in [1.54, 1.807) is 32.6 Å². The van der Waals surface area contributed by atoms with Crippen LogP contribution in [-0.2, 0) is 19.4 Å². The predicted octanol–water partition coefficient (Wildman–Crippen LogP) is 1.08. The third-order valence-electron chi connectivity index (χ3n) is 2.71. The SMILES string of the molecule is CCOC(=O)CN(CC)CCS(=O)(=O)C(C)(C)C. The van der Waals surface area contributed by atoms with Crippen molar-refractivity contribution in [3.05, 3.63) is 0 Å². The molecule has 0 spiro atoms. The lowest BCUT2D eigenvalue weighted by atomic mass is 10.3. The molecule has 0 aromatic carbocycles. The Bertz CT molecular complexity index is 357. The molecule has 0 fully saturated rings. The fraction of sp³-hybridized carbons (Fsp3) is 0.917. The molecule has 0 aromatic rings. The fourth-order valence-corrected chi connectivity index (χ4v) is 2.40. The zero-order chi connectivity index (χ0) is 14.4. The number of ether oxygens (including phenoxy) is 1. The third kappa shape index (κ3) is 5.82. The van der Waals surface area contributed by atoms with Crippen molar-refractivity contribution in [3.8, 4) is 0 Å². The van der Waals surface area contributed by atoms with Gasteiger partial charge < -0.3 is 4.74 Å². The van der Waals surface area contributed by atoms with E-state index in [1.807, 2.05) is 6.92 Å². The Balaban J connectivity index is 4.37. The third-order valence-corrected chi connectivity index (χ3v) is 5.30. The van der Waals surface area contributed by atoms with Gasteiger partial charge in [0.05, 0.1) is 23.7 Å². The maximum atomic E-state index is 11.9. The minimum absolute atomic E-state index is 0.0593. The molecular weight excluding hydrogens is 254 g/mol. The first kappa shape index (κ1) is 17.4. The highest BCUT2D eigenvalue weighted by molar-refractivity contribution is 7.92. The quantitative estimate of drug-likeness (QED) is 0.653. The number of carbonyl (C=O) groups excluding carboxylic acids is 1. The van der Waals surface area contributed by atoms with Crippen LogP contribution in [0.25, 0.3) is 0 Å². The van der Waals surface area contributed by atoms with Crippen LogP contribution >= 0.6 is 0 Å². The van der Waals surface area contributed by atoms with E-state index in [0.717, 1.165) is 0 Å². The topological polar surface area (TPSA) is 63.7 Å². The summed E-state index contributed by atoms with van der Waals surface area (Å²) in [6, 6.07) is 0. The summed E-state index contributed by atoms with van der Waals surface area (Å²) in [4.78, 5) is 13.1. The van der Waals surface area contributed by atoms with E-state index in [-0.39, 0.29) is 18.3 Å². The van der Waals surface area contributed by atoms with E-state index >= 15 is 0 Å². The minimum atomic E-state index is -3.14. The molecule has 0 aliphatic heterocycles. The zero-order valence-electron chi connectivity index (χ0n) is 12.0. The van der Waals surface area contributed by atoms with Crippen molar-refractivity contribution in [3.63, 3.8) is 0 Å². The normalized spacial score (nSPS) is 12.8. The summed E-state index contributed by atoms with van der Waals surface area (Å²) >= 11 is 0. The van der Waals surface area contributed by atoms with Crippen LogP contribution < -0.4 is 0 Å². The van der Waals surface area contributed by atoms with Gasteiger partial charge in [-0.3, -0.25) is 9.69 Å². The lowest BCUT2D eigenvalue weighted by Gasteiger charge is -2.23. The van der Waals surface area contributed by atoms with Gasteiger partial charge in [-0.25, -0.2) is 8.42 Å². The molecule has 5 nitrogen and oxygen atoms in total. The second kappa shape index (κ2) is 7.09. The monoisotopic (exact) mass is 279 g/mol. The van der Waals surface area contributed by atoms with Crippen LogP contribution in [0, 0.1) is 0 Å². The van der Waals surface area contributed by atoms with Gasteiger partial charge in [-0.15, -0.1) is 0 Å². The average molecular weight is 279 g/mol. The molecule has 0 saturated heterocycles. The minimum Gasteiger partial charge on any atom is -0.465 e. The van der Waals surface area contributed by atoms with Crippen LogP contribution in [0.4, 0.5) is 0 Å². The Morgan fingerprint density at radius 2 is 1.78 bits per heavy atom. The van der Waals surface area contributed by atoms with Crippen molar-refractivity contribution < 1.29 is 17.9 Å². The summed E-state index contributed by atoms with van der Waals surface area (Å²) in [7, 11) is -3.14. The molecular formula is C12H25NO4S. The van der Waals surface area contributed by atoms with Gasteiger partial charge in [-0.1, -0.05) is 6.92 Å². The van der Waals surface area contributed by atoms with Crippen molar-refractivity contribution in [1.82, 2.24) is 4.90 Å². The van der Waals surface area contributed by atoms with Gasteiger partial charge in [0.25, 0.3) is 0 Å². The highest BCUT2D eigenvalue weighted by atomic mass is 32.2. The van der Waals surface area contributed by atoms with Crippen LogP contribution in [0.5, 0.6) is 0 Å². The molecule has 0 saturated carbocycles. The highest BCUT2D eigenvalue weighted by Gasteiger charge is 2.29. The van der Waals surface area contributed by atoms with Crippen molar-refractivity contribution in [2.24, 2.45) is 0 Å². The molecule has 0 heterocycles. The van der Waals surface area contributed by atoms with Crippen molar-refractivity contribution in [2.75, 3.05) is 32.0 Å². The Labute approximate surface area is 110 Å². The molecule has 0 aromatic heterocycles. The summed E-state index contributed by atoms with van der Waals surface area (Å²) in [5, 5.41) is 0. The molecule has 18 heavy (non-hydrogen) atoms. The Morgan fingerprint density at radius 1 is 1.22 bits per heavy atom. The van der Waals surface area contributed by atoms with Gasteiger partial charge in [0.1, 0.15) is 0 Å². The lowest BCUT2D eigenvalue weighted by Crippen LogP contribution is -2.39. The Kier molecular flexibility index (Phi) is 6.84. The molecule has 0 unspecified atom stereocenters. The maximum Gasteiger partial charge on any atom is 0.320 e. The molecule has 0 rings (SSSR count). The first-order valence-electron chi connectivity index (χ1n) is 6.24. The van der Waals surface area contributed by atoms with E-state index < -0.39 is 14.6 Å². The molecule has 0 atom stereocenters. The summed E-state index contributed by atoms with van der Waals surface area (Å²) in [5.74, 6) is -0.253. The molecule has 0 bridgehead atoms. The second-order valence-corrected chi connectivity index (χ2v) is 7.97. The van der Waals surface area contributed by atoms with Gasteiger partial charge >= 0.3 is 5.97 Å². The van der Waals surface area contributed by atoms with Gasteiger partial charge in [0.15, 0.2) is 9.84 Å². The number of esters is 1. The van der Waals surface area contributed by atoms with Gasteiger partial charge in [-0.2, -0.15) is 0 Å². The molecule has 0 aliphatic carbocycles. The van der Waals surface area contributed by atoms with Crippen LogP contribution in [-0.4, -0.2) is 56.0 Å². The summed E-state index contributed by atoms with van der Waals surface area (Å²) < 4.78 is 28.0. The molecule has 0 amide bonds. The number of rotatable bonds is 7. The summed E-state index contributed by atoms with van der Waals surface area (Å²) in [5.41, 5.74) is 0. The molecule has 0 aliphatic rings. The molecule has 0 radical (unpaired) electrons. The van der Waals surface area contributed by atoms with Crippen molar-refractivity contribution in [1.29, 1.82) is 0 Å². The van der Waals surface area contributed by atoms with Gasteiger partial charge in [-0.05, 0) is 34.2 Å².